The summed E-state index contributed by atoms with van der Waals surface area (Å²) in [7, 11) is -3.65. The number of fused-ring (bicyclic) bond motifs is 1. The number of hydrogen-bond donors (Lipinski definition) is 0. The molecule has 6 nitrogen and oxygen atoms in total. The lowest BCUT2D eigenvalue weighted by Gasteiger charge is -2.17. The number of hydrogen-bond acceptors (Lipinski definition) is 5. The molecule has 0 spiro atoms. The lowest BCUT2D eigenvalue weighted by Crippen LogP contribution is -2.31. The molecule has 0 amide bonds. The first kappa shape index (κ1) is 16.2. The van der Waals surface area contributed by atoms with Gasteiger partial charge in [-0.1, -0.05) is 6.07 Å². The molecular weight excluding hydrogens is 349 g/mol. The van der Waals surface area contributed by atoms with Crippen LogP contribution in [-0.4, -0.2) is 38.7 Å². The van der Waals surface area contributed by atoms with E-state index < -0.39 is 10.0 Å². The van der Waals surface area contributed by atoms with Crippen LogP contribution in [-0.2, 0) is 10.0 Å². The number of halogens is 1. The summed E-state index contributed by atoms with van der Waals surface area (Å²) in [6.45, 7) is 0.649. The van der Waals surface area contributed by atoms with Crippen molar-refractivity contribution in [2.75, 3.05) is 19.9 Å². The summed E-state index contributed by atoms with van der Waals surface area (Å²) >= 11 is 0. The molecule has 0 radical (unpaired) electrons. The molecule has 1 saturated heterocycles. The van der Waals surface area contributed by atoms with Crippen molar-refractivity contribution in [3.8, 4) is 17.2 Å². The Morgan fingerprint density at radius 1 is 1.12 bits per heavy atom. The van der Waals surface area contributed by atoms with Crippen LogP contribution in [0.4, 0.5) is 4.39 Å². The molecule has 8 heteroatoms. The van der Waals surface area contributed by atoms with E-state index in [9.17, 15) is 12.8 Å². The van der Waals surface area contributed by atoms with Crippen molar-refractivity contribution >= 4 is 10.0 Å². The van der Waals surface area contributed by atoms with Crippen LogP contribution in [0.15, 0.2) is 47.4 Å². The van der Waals surface area contributed by atoms with E-state index in [-0.39, 0.29) is 30.2 Å². The van der Waals surface area contributed by atoms with Crippen LogP contribution in [0.3, 0.4) is 0 Å². The minimum Gasteiger partial charge on any atom is -0.489 e. The molecule has 4 rings (SSSR count). The summed E-state index contributed by atoms with van der Waals surface area (Å²) in [6, 6.07) is 10.4. The lowest BCUT2D eigenvalue weighted by molar-refractivity contribution is 0.174. The highest BCUT2D eigenvalue weighted by molar-refractivity contribution is 7.89. The Balaban J connectivity index is 1.49. The van der Waals surface area contributed by atoms with Crippen LogP contribution in [0.1, 0.15) is 6.42 Å². The topological polar surface area (TPSA) is 65.1 Å². The number of nitrogens with zero attached hydrogens (tertiary/aromatic N) is 1. The summed E-state index contributed by atoms with van der Waals surface area (Å²) < 4.78 is 56.3. The monoisotopic (exact) mass is 365 g/mol. The number of sulfonamides is 1. The predicted molar refractivity (Wildman–Crippen MR) is 86.8 cm³/mol. The van der Waals surface area contributed by atoms with Gasteiger partial charge in [-0.3, -0.25) is 0 Å². The number of benzene rings is 2. The molecule has 2 aromatic rings. The Morgan fingerprint density at radius 2 is 1.96 bits per heavy atom. The quantitative estimate of drug-likeness (QED) is 0.832. The molecule has 1 atom stereocenters. The van der Waals surface area contributed by atoms with Gasteiger partial charge in [-0.05, 0) is 30.7 Å². The van der Waals surface area contributed by atoms with E-state index in [1.165, 1.54) is 28.6 Å². The Bertz CT molecular complexity index is 902. The fourth-order valence-corrected chi connectivity index (χ4v) is 4.43. The van der Waals surface area contributed by atoms with Gasteiger partial charge in [0.1, 0.15) is 17.7 Å². The fraction of sp³-hybridized carbons (Fsp3) is 0.294. The summed E-state index contributed by atoms with van der Waals surface area (Å²) in [4.78, 5) is 0.156. The Hall–Kier alpha value is -2.32. The van der Waals surface area contributed by atoms with Gasteiger partial charge >= 0.3 is 0 Å². The molecule has 2 aliphatic rings. The molecule has 2 aliphatic heterocycles. The van der Waals surface area contributed by atoms with Crippen molar-refractivity contribution in [2.24, 2.45) is 0 Å². The van der Waals surface area contributed by atoms with Crippen LogP contribution in [0.5, 0.6) is 17.2 Å². The second kappa shape index (κ2) is 6.20. The Kier molecular flexibility index (Phi) is 4.01. The van der Waals surface area contributed by atoms with Crippen LogP contribution in [0.25, 0.3) is 0 Å². The molecule has 2 heterocycles. The highest BCUT2D eigenvalue weighted by Gasteiger charge is 2.34. The molecule has 0 N–H and O–H groups in total. The lowest BCUT2D eigenvalue weighted by atomic mass is 10.3. The van der Waals surface area contributed by atoms with Gasteiger partial charge in [-0.15, -0.1) is 0 Å². The van der Waals surface area contributed by atoms with Gasteiger partial charge in [0, 0.05) is 18.7 Å². The number of rotatable bonds is 4. The second-order valence-corrected chi connectivity index (χ2v) is 7.80. The first-order valence-corrected chi connectivity index (χ1v) is 9.28. The molecule has 25 heavy (non-hydrogen) atoms. The average molecular weight is 365 g/mol. The van der Waals surface area contributed by atoms with Crippen molar-refractivity contribution in [3.63, 3.8) is 0 Å². The van der Waals surface area contributed by atoms with Crippen LogP contribution in [0.2, 0.25) is 0 Å². The maximum Gasteiger partial charge on any atom is 0.243 e. The third-order valence-corrected chi connectivity index (χ3v) is 6.05. The van der Waals surface area contributed by atoms with Crippen LogP contribution in [0, 0.1) is 5.82 Å². The highest BCUT2D eigenvalue weighted by atomic mass is 32.2. The van der Waals surface area contributed by atoms with E-state index in [0.717, 1.165) is 0 Å². The van der Waals surface area contributed by atoms with Crippen LogP contribution >= 0.6 is 0 Å². The standard InChI is InChI=1S/C17H16FNO5S/c18-12-2-1-3-13(8-12)24-14-6-7-19(10-14)25(20,21)15-4-5-16-17(9-15)23-11-22-16/h1-5,8-9,14H,6-7,10-11H2/t14-/m0/s1. The first-order valence-electron chi connectivity index (χ1n) is 7.84. The largest absolute Gasteiger partial charge is 0.489 e. The summed E-state index contributed by atoms with van der Waals surface area (Å²) in [5.41, 5.74) is 0. The van der Waals surface area contributed by atoms with Gasteiger partial charge in [0.15, 0.2) is 11.5 Å². The normalized spacial score (nSPS) is 20.0. The summed E-state index contributed by atoms with van der Waals surface area (Å²) in [5.74, 6) is 0.966. The minimum absolute atomic E-state index is 0.0894. The second-order valence-electron chi connectivity index (χ2n) is 5.86. The zero-order chi connectivity index (χ0) is 17.4. The van der Waals surface area contributed by atoms with Crippen LogP contribution < -0.4 is 14.2 Å². The van der Waals surface area contributed by atoms with Gasteiger partial charge < -0.3 is 14.2 Å². The average Bonchev–Trinajstić information content (AvgIpc) is 3.23. The summed E-state index contributed by atoms with van der Waals surface area (Å²) in [6.07, 6.45) is 0.228. The molecular formula is C17H16FNO5S. The first-order chi connectivity index (χ1) is 12.0. The van der Waals surface area contributed by atoms with E-state index in [0.29, 0.717) is 30.2 Å². The van der Waals surface area contributed by atoms with Crippen molar-refractivity contribution in [1.82, 2.24) is 4.31 Å². The zero-order valence-electron chi connectivity index (χ0n) is 13.2. The maximum absolute atomic E-state index is 13.2. The zero-order valence-corrected chi connectivity index (χ0v) is 14.0. The maximum atomic E-state index is 13.2. The number of ether oxygens (including phenoxy) is 3. The van der Waals surface area contributed by atoms with Gasteiger partial charge in [0.2, 0.25) is 16.8 Å². The molecule has 0 bridgehead atoms. The smallest absolute Gasteiger partial charge is 0.243 e. The van der Waals surface area contributed by atoms with E-state index in [1.807, 2.05) is 0 Å². The molecule has 2 aromatic carbocycles. The van der Waals surface area contributed by atoms with E-state index in [2.05, 4.69) is 0 Å². The Labute approximate surface area is 144 Å². The van der Waals surface area contributed by atoms with E-state index in [4.69, 9.17) is 14.2 Å². The van der Waals surface area contributed by atoms with Crippen molar-refractivity contribution in [2.45, 2.75) is 17.4 Å². The molecule has 0 aromatic heterocycles. The minimum atomic E-state index is -3.65. The van der Waals surface area contributed by atoms with Gasteiger partial charge in [0.05, 0.1) is 11.4 Å². The fourth-order valence-electron chi connectivity index (χ4n) is 2.93. The van der Waals surface area contributed by atoms with Gasteiger partial charge in [-0.2, -0.15) is 4.31 Å². The van der Waals surface area contributed by atoms with Gasteiger partial charge in [-0.25, -0.2) is 12.8 Å². The molecule has 0 aliphatic carbocycles. The molecule has 132 valence electrons. The van der Waals surface area contributed by atoms with E-state index >= 15 is 0 Å². The Morgan fingerprint density at radius 3 is 2.80 bits per heavy atom. The molecule has 1 fully saturated rings. The van der Waals surface area contributed by atoms with Crippen molar-refractivity contribution in [3.05, 3.63) is 48.3 Å². The molecule has 0 saturated carbocycles. The van der Waals surface area contributed by atoms with Crippen molar-refractivity contribution in [1.29, 1.82) is 0 Å². The van der Waals surface area contributed by atoms with Crippen molar-refractivity contribution < 1.29 is 27.0 Å². The summed E-state index contributed by atoms with van der Waals surface area (Å²) in [5, 5.41) is 0. The molecule has 0 unspecified atom stereocenters. The SMILES string of the molecule is O=S(=O)(c1ccc2c(c1)OCO2)N1CC[C@H](Oc2cccc(F)c2)C1. The third kappa shape index (κ3) is 3.14. The van der Waals surface area contributed by atoms with Gasteiger partial charge in [0.25, 0.3) is 0 Å². The third-order valence-electron chi connectivity index (χ3n) is 4.19. The van der Waals surface area contributed by atoms with E-state index in [1.54, 1.807) is 18.2 Å². The predicted octanol–water partition coefficient (Wildman–Crippen LogP) is 2.40. The highest BCUT2D eigenvalue weighted by Crippen LogP contribution is 2.35.